The monoisotopic (exact) mass is 555 g/mol. The standard InChI is InChI=1S/C31H29N3O7/c1-39-31-18-23-22(28(35)32(29(23)36)21-15-9-4-10-16-21)17-24(31)25(19-11-5-2-6-12-19)27-26(20-13-7-3-8-14-20)30(33(37)38)40-34(27)41-31/h2-16,22-27,30H,17-18H2,1H3/t22-,23+,24-,25-,26+,27-,30+,31-/m1/s1. The Kier molecular flexibility index (Phi) is 6.24. The average molecular weight is 556 g/mol. The molecule has 41 heavy (non-hydrogen) atoms. The molecule has 4 fully saturated rings. The van der Waals surface area contributed by atoms with E-state index in [1.54, 1.807) is 24.3 Å². The number of hydrogen-bond acceptors (Lipinski definition) is 8. The lowest BCUT2D eigenvalue weighted by atomic mass is 9.61. The summed E-state index contributed by atoms with van der Waals surface area (Å²) in [4.78, 5) is 53.1. The van der Waals surface area contributed by atoms with Gasteiger partial charge in [0.2, 0.25) is 11.8 Å². The quantitative estimate of drug-likeness (QED) is 0.261. The van der Waals surface area contributed by atoms with Crippen molar-refractivity contribution in [2.45, 2.75) is 42.7 Å². The third-order valence-corrected chi connectivity index (χ3v) is 9.25. The summed E-state index contributed by atoms with van der Waals surface area (Å²) in [5, 5.41) is 13.6. The number of carbonyl (C=O) groups excluding carboxylic acids is 2. The first kappa shape index (κ1) is 26.0. The van der Waals surface area contributed by atoms with Crippen molar-refractivity contribution in [1.29, 1.82) is 0 Å². The van der Waals surface area contributed by atoms with E-state index in [0.717, 1.165) is 11.1 Å². The van der Waals surface area contributed by atoms with Crippen LogP contribution in [0.15, 0.2) is 91.0 Å². The number of anilines is 1. The van der Waals surface area contributed by atoms with Gasteiger partial charge in [0.15, 0.2) is 5.79 Å². The topological polar surface area (TPSA) is 111 Å². The molecule has 0 radical (unpaired) electrons. The number of hydroxylamine groups is 2. The average Bonchev–Trinajstić information content (AvgIpc) is 3.50. The Morgan fingerprint density at radius 2 is 1.41 bits per heavy atom. The van der Waals surface area contributed by atoms with Crippen molar-refractivity contribution in [3.63, 3.8) is 0 Å². The molecular formula is C31H29N3O7. The summed E-state index contributed by atoms with van der Waals surface area (Å²) in [5.41, 5.74) is 2.22. The third kappa shape index (κ3) is 3.93. The van der Waals surface area contributed by atoms with Gasteiger partial charge in [-0.05, 0) is 29.7 Å². The van der Waals surface area contributed by atoms with Crippen LogP contribution in [0.1, 0.15) is 35.8 Å². The van der Waals surface area contributed by atoms with Crippen LogP contribution >= 0.6 is 0 Å². The number of benzene rings is 3. The normalized spacial score (nSPS) is 34.7. The van der Waals surface area contributed by atoms with Gasteiger partial charge in [-0.25, -0.2) is 4.84 Å². The fourth-order valence-corrected chi connectivity index (χ4v) is 7.50. The minimum Gasteiger partial charge on any atom is -0.351 e. The molecule has 10 heteroatoms. The fraction of sp³-hybridized carbons (Fsp3) is 0.355. The molecule has 210 valence electrons. The molecule has 0 aromatic heterocycles. The van der Waals surface area contributed by atoms with E-state index in [1.807, 2.05) is 66.7 Å². The van der Waals surface area contributed by atoms with Crippen molar-refractivity contribution in [2.75, 3.05) is 12.0 Å². The molecule has 3 aromatic carbocycles. The number of hydrogen-bond donors (Lipinski definition) is 0. The van der Waals surface area contributed by atoms with Crippen molar-refractivity contribution in [3.8, 4) is 0 Å². The maximum Gasteiger partial charge on any atom is 0.341 e. The lowest BCUT2D eigenvalue weighted by Gasteiger charge is -2.55. The second-order valence-corrected chi connectivity index (χ2v) is 11.1. The zero-order valence-electron chi connectivity index (χ0n) is 22.3. The minimum atomic E-state index is -1.39. The van der Waals surface area contributed by atoms with Crippen LogP contribution in [0.3, 0.4) is 0 Å². The Morgan fingerprint density at radius 1 is 0.854 bits per heavy atom. The number of amides is 2. The van der Waals surface area contributed by atoms with E-state index >= 15 is 0 Å². The van der Waals surface area contributed by atoms with Gasteiger partial charge in [0.1, 0.15) is 5.92 Å². The minimum absolute atomic E-state index is 0.113. The van der Waals surface area contributed by atoms with Gasteiger partial charge in [-0.2, -0.15) is 4.84 Å². The molecule has 3 aliphatic heterocycles. The summed E-state index contributed by atoms with van der Waals surface area (Å²) < 4.78 is 6.12. The number of methoxy groups -OCH3 is 1. The highest BCUT2D eigenvalue weighted by Crippen LogP contribution is 2.60. The van der Waals surface area contributed by atoms with Crippen LogP contribution in [0.5, 0.6) is 0 Å². The van der Waals surface area contributed by atoms with Crippen molar-refractivity contribution < 1.29 is 28.9 Å². The van der Waals surface area contributed by atoms with E-state index in [-0.39, 0.29) is 24.2 Å². The summed E-state index contributed by atoms with van der Waals surface area (Å²) >= 11 is 0. The van der Waals surface area contributed by atoms with E-state index in [9.17, 15) is 19.7 Å². The van der Waals surface area contributed by atoms with Crippen molar-refractivity contribution >= 4 is 17.5 Å². The zero-order valence-corrected chi connectivity index (χ0v) is 22.3. The highest BCUT2D eigenvalue weighted by molar-refractivity contribution is 6.22. The van der Waals surface area contributed by atoms with Crippen molar-refractivity contribution in [2.24, 2.45) is 17.8 Å². The molecule has 0 spiro atoms. The van der Waals surface area contributed by atoms with Crippen molar-refractivity contribution in [1.82, 2.24) is 5.23 Å². The first-order valence-corrected chi connectivity index (χ1v) is 13.8. The van der Waals surface area contributed by atoms with Crippen LogP contribution in [-0.4, -0.2) is 47.1 Å². The van der Waals surface area contributed by atoms with Gasteiger partial charge >= 0.3 is 6.23 Å². The lowest BCUT2D eigenvalue weighted by molar-refractivity contribution is -0.613. The molecular weight excluding hydrogens is 526 g/mol. The number of para-hydroxylation sites is 1. The zero-order chi connectivity index (χ0) is 28.3. The summed E-state index contributed by atoms with van der Waals surface area (Å²) in [6.45, 7) is 0. The number of rotatable bonds is 5. The Hall–Kier alpha value is -3.96. The Morgan fingerprint density at radius 3 is 2.00 bits per heavy atom. The molecule has 3 aromatic rings. The molecule has 0 N–H and O–H groups in total. The second kappa shape index (κ2) is 9.85. The molecule has 0 bridgehead atoms. The molecule has 8 atom stereocenters. The predicted molar refractivity (Wildman–Crippen MR) is 145 cm³/mol. The number of fused-ring (bicyclic) bond motifs is 3. The molecule has 10 nitrogen and oxygen atoms in total. The maximum absolute atomic E-state index is 13.8. The molecule has 2 amide bonds. The predicted octanol–water partition coefficient (Wildman–Crippen LogP) is 4.28. The van der Waals surface area contributed by atoms with Gasteiger partial charge in [-0.15, -0.1) is 0 Å². The highest BCUT2D eigenvalue weighted by atomic mass is 17.0. The maximum atomic E-state index is 13.8. The van der Waals surface area contributed by atoms with Gasteiger partial charge in [0.25, 0.3) is 0 Å². The van der Waals surface area contributed by atoms with E-state index in [2.05, 4.69) is 0 Å². The number of nitro groups is 1. The SMILES string of the molecule is CO[C@@]12C[C@@H]3C(=O)N(c4ccccc4)C(=O)[C@@H]3C[C@@H]1[C@@H](c1ccccc1)[C@@H]1[C@H](c3ccccc3)[C@@H]([N+](=O)[O-])ON1O2. The number of carbonyl (C=O) groups is 2. The van der Waals surface area contributed by atoms with E-state index in [0.29, 0.717) is 12.1 Å². The number of nitrogens with zero attached hydrogens (tertiary/aromatic N) is 3. The Bertz CT molecular complexity index is 1470. The number of imide groups is 1. The Labute approximate surface area is 236 Å². The first-order chi connectivity index (χ1) is 19.9. The molecule has 3 saturated heterocycles. The highest BCUT2D eigenvalue weighted by Gasteiger charge is 2.69. The summed E-state index contributed by atoms with van der Waals surface area (Å²) in [5.74, 6) is -4.53. The molecule has 1 saturated carbocycles. The van der Waals surface area contributed by atoms with Gasteiger partial charge in [0.05, 0.1) is 28.5 Å². The number of ether oxygens (including phenoxy) is 1. The molecule has 0 unspecified atom stereocenters. The van der Waals surface area contributed by atoms with Crippen LogP contribution in [0, 0.1) is 27.9 Å². The summed E-state index contributed by atoms with van der Waals surface area (Å²) in [7, 11) is 1.52. The molecule has 3 heterocycles. The molecule has 7 rings (SSSR count). The fourth-order valence-electron chi connectivity index (χ4n) is 7.50. The largest absolute Gasteiger partial charge is 0.351 e. The van der Waals surface area contributed by atoms with Gasteiger partial charge in [-0.3, -0.25) is 24.6 Å². The van der Waals surface area contributed by atoms with E-state index in [1.165, 1.54) is 17.2 Å². The summed E-state index contributed by atoms with van der Waals surface area (Å²) in [6.07, 6.45) is -0.957. The van der Waals surface area contributed by atoms with E-state index in [4.69, 9.17) is 14.4 Å². The molecule has 1 aliphatic carbocycles. The van der Waals surface area contributed by atoms with Gasteiger partial charge < -0.3 is 4.74 Å². The van der Waals surface area contributed by atoms with Crippen molar-refractivity contribution in [3.05, 3.63) is 112 Å². The van der Waals surface area contributed by atoms with E-state index < -0.39 is 46.7 Å². The van der Waals surface area contributed by atoms with Crippen LogP contribution in [0.4, 0.5) is 5.69 Å². The summed E-state index contributed by atoms with van der Waals surface area (Å²) in [6, 6.07) is 27.4. The van der Waals surface area contributed by atoms with Crippen LogP contribution in [0.25, 0.3) is 0 Å². The van der Waals surface area contributed by atoms with Crippen LogP contribution in [-0.2, 0) is 24.0 Å². The molecule has 4 aliphatic rings. The van der Waals surface area contributed by atoms with Gasteiger partial charge in [0, 0.05) is 25.4 Å². The van der Waals surface area contributed by atoms with Crippen LogP contribution < -0.4 is 4.90 Å². The Balaban J connectivity index is 1.35. The smallest absolute Gasteiger partial charge is 0.341 e. The third-order valence-electron chi connectivity index (χ3n) is 9.25. The second-order valence-electron chi connectivity index (χ2n) is 11.1. The lowest BCUT2D eigenvalue weighted by Crippen LogP contribution is -2.62. The van der Waals surface area contributed by atoms with Gasteiger partial charge in [-0.1, -0.05) is 84.1 Å². The van der Waals surface area contributed by atoms with Crippen LogP contribution in [0.2, 0.25) is 0 Å². The first-order valence-electron chi connectivity index (χ1n) is 13.8.